The average molecular weight is 288 g/mol. The van der Waals surface area contributed by atoms with Gasteiger partial charge in [0.1, 0.15) is 0 Å². The minimum atomic E-state index is -0.883. The highest BCUT2D eigenvalue weighted by Gasteiger charge is 2.17. The van der Waals surface area contributed by atoms with E-state index in [4.69, 9.17) is 9.52 Å². The van der Waals surface area contributed by atoms with Gasteiger partial charge in [0, 0.05) is 18.5 Å². The third kappa shape index (κ3) is 3.92. The van der Waals surface area contributed by atoms with Gasteiger partial charge in [-0.2, -0.15) is 0 Å². The lowest BCUT2D eigenvalue weighted by Gasteiger charge is -2.04. The number of hydrogen-bond acceptors (Lipinski definition) is 4. The summed E-state index contributed by atoms with van der Waals surface area (Å²) in [5.74, 6) is -0.846. The number of rotatable bonds is 6. The maximum Gasteiger partial charge on any atom is 0.303 e. The van der Waals surface area contributed by atoms with Crippen LogP contribution in [0.15, 0.2) is 35.1 Å². The maximum absolute atomic E-state index is 12.0. The summed E-state index contributed by atoms with van der Waals surface area (Å²) in [5, 5.41) is 11.2. The van der Waals surface area contributed by atoms with Crippen molar-refractivity contribution in [3.05, 3.63) is 41.9 Å². The normalized spacial score (nSPS) is 10.3. The standard InChI is InChI=1S/C15H16N2O4/c1-10-4-6-11(7-5-10)14-13(17-9-21-14)15(20)16-8-2-3-12(18)19/h4-7,9H,2-3,8H2,1H3,(H,16,20)(H,18,19). The quantitative estimate of drug-likeness (QED) is 0.795. The van der Waals surface area contributed by atoms with E-state index in [0.29, 0.717) is 12.2 Å². The van der Waals surface area contributed by atoms with Crippen LogP contribution < -0.4 is 5.32 Å². The van der Waals surface area contributed by atoms with E-state index < -0.39 is 5.97 Å². The van der Waals surface area contributed by atoms with Crippen LogP contribution >= 0.6 is 0 Å². The second kappa shape index (κ2) is 6.69. The average Bonchev–Trinajstić information content (AvgIpc) is 2.93. The first-order valence-electron chi connectivity index (χ1n) is 6.58. The summed E-state index contributed by atoms with van der Waals surface area (Å²) in [6.45, 7) is 2.26. The highest BCUT2D eigenvalue weighted by atomic mass is 16.4. The second-order valence-corrected chi connectivity index (χ2v) is 4.65. The molecule has 0 aliphatic carbocycles. The third-order valence-corrected chi connectivity index (χ3v) is 2.95. The molecule has 2 aromatic rings. The molecule has 110 valence electrons. The highest BCUT2D eigenvalue weighted by Crippen LogP contribution is 2.23. The summed E-state index contributed by atoms with van der Waals surface area (Å²) < 4.78 is 5.29. The summed E-state index contributed by atoms with van der Waals surface area (Å²) in [6, 6.07) is 7.56. The van der Waals surface area contributed by atoms with Gasteiger partial charge >= 0.3 is 5.97 Å². The SMILES string of the molecule is Cc1ccc(-c2ocnc2C(=O)NCCCC(=O)O)cc1. The van der Waals surface area contributed by atoms with E-state index in [0.717, 1.165) is 11.1 Å². The zero-order valence-corrected chi connectivity index (χ0v) is 11.6. The molecule has 21 heavy (non-hydrogen) atoms. The summed E-state index contributed by atoms with van der Waals surface area (Å²) in [7, 11) is 0. The Morgan fingerprint density at radius 2 is 2.00 bits per heavy atom. The van der Waals surface area contributed by atoms with E-state index in [-0.39, 0.29) is 24.6 Å². The Hall–Kier alpha value is -2.63. The third-order valence-electron chi connectivity index (χ3n) is 2.95. The number of carboxylic acids is 1. The van der Waals surface area contributed by atoms with Crippen molar-refractivity contribution in [3.63, 3.8) is 0 Å². The maximum atomic E-state index is 12.0. The zero-order valence-electron chi connectivity index (χ0n) is 11.6. The van der Waals surface area contributed by atoms with Gasteiger partial charge in [0.2, 0.25) is 0 Å². The summed E-state index contributed by atoms with van der Waals surface area (Å²) in [6.07, 6.45) is 1.62. The number of aromatic nitrogens is 1. The molecule has 0 aliphatic rings. The lowest BCUT2D eigenvalue weighted by Crippen LogP contribution is -2.25. The molecule has 0 spiro atoms. The van der Waals surface area contributed by atoms with Crippen molar-refractivity contribution < 1.29 is 19.1 Å². The lowest BCUT2D eigenvalue weighted by molar-refractivity contribution is -0.137. The Morgan fingerprint density at radius 1 is 1.29 bits per heavy atom. The number of nitrogens with zero attached hydrogens (tertiary/aromatic N) is 1. The number of nitrogens with one attached hydrogen (secondary N) is 1. The molecule has 0 bridgehead atoms. The molecule has 6 heteroatoms. The predicted molar refractivity (Wildman–Crippen MR) is 75.9 cm³/mol. The van der Waals surface area contributed by atoms with Crippen molar-refractivity contribution in [3.8, 4) is 11.3 Å². The number of carboxylic acid groups (broad SMARTS) is 1. The van der Waals surface area contributed by atoms with Crippen molar-refractivity contribution in [2.24, 2.45) is 0 Å². The molecule has 2 N–H and O–H groups in total. The number of amides is 1. The van der Waals surface area contributed by atoms with E-state index in [1.165, 1.54) is 6.39 Å². The van der Waals surface area contributed by atoms with Gasteiger partial charge in [0.25, 0.3) is 5.91 Å². The molecular weight excluding hydrogens is 272 g/mol. The van der Waals surface area contributed by atoms with Crippen LogP contribution in [0.25, 0.3) is 11.3 Å². The van der Waals surface area contributed by atoms with E-state index in [2.05, 4.69) is 10.3 Å². The van der Waals surface area contributed by atoms with Gasteiger partial charge in [-0.15, -0.1) is 0 Å². The van der Waals surface area contributed by atoms with Crippen LogP contribution in [-0.2, 0) is 4.79 Å². The van der Waals surface area contributed by atoms with Crippen LogP contribution in [-0.4, -0.2) is 28.5 Å². The molecular formula is C15H16N2O4. The molecule has 2 rings (SSSR count). The van der Waals surface area contributed by atoms with Gasteiger partial charge < -0.3 is 14.8 Å². The van der Waals surface area contributed by atoms with E-state index in [1.54, 1.807) is 0 Å². The summed E-state index contributed by atoms with van der Waals surface area (Å²) in [4.78, 5) is 26.4. The number of hydrogen-bond donors (Lipinski definition) is 2. The van der Waals surface area contributed by atoms with Crippen LogP contribution in [0.1, 0.15) is 28.9 Å². The van der Waals surface area contributed by atoms with Crippen molar-refractivity contribution in [1.29, 1.82) is 0 Å². The monoisotopic (exact) mass is 288 g/mol. The highest BCUT2D eigenvalue weighted by molar-refractivity contribution is 5.97. The van der Waals surface area contributed by atoms with Crippen molar-refractivity contribution in [2.75, 3.05) is 6.54 Å². The van der Waals surface area contributed by atoms with Crippen LogP contribution in [0.2, 0.25) is 0 Å². The minimum absolute atomic E-state index is 0.0178. The van der Waals surface area contributed by atoms with Gasteiger partial charge in [-0.05, 0) is 13.3 Å². The van der Waals surface area contributed by atoms with Gasteiger partial charge in [-0.3, -0.25) is 9.59 Å². The second-order valence-electron chi connectivity index (χ2n) is 4.65. The molecule has 0 atom stereocenters. The Labute approximate surface area is 121 Å². The predicted octanol–water partition coefficient (Wildman–Crippen LogP) is 2.24. The van der Waals surface area contributed by atoms with Crippen molar-refractivity contribution in [1.82, 2.24) is 10.3 Å². The fourth-order valence-corrected chi connectivity index (χ4v) is 1.84. The molecule has 0 saturated carbocycles. The molecule has 0 fully saturated rings. The smallest absolute Gasteiger partial charge is 0.303 e. The largest absolute Gasteiger partial charge is 0.481 e. The van der Waals surface area contributed by atoms with Crippen LogP contribution in [0.3, 0.4) is 0 Å². The first-order valence-corrected chi connectivity index (χ1v) is 6.58. The summed E-state index contributed by atoms with van der Waals surface area (Å²) in [5.41, 5.74) is 2.08. The van der Waals surface area contributed by atoms with Gasteiger partial charge in [-0.1, -0.05) is 29.8 Å². The zero-order chi connectivity index (χ0) is 15.2. The van der Waals surface area contributed by atoms with Gasteiger partial charge in [0.05, 0.1) is 0 Å². The molecule has 1 amide bonds. The molecule has 0 saturated heterocycles. The topological polar surface area (TPSA) is 92.4 Å². The van der Waals surface area contributed by atoms with Gasteiger partial charge in [-0.25, -0.2) is 4.98 Å². The molecule has 0 aliphatic heterocycles. The fraction of sp³-hybridized carbons (Fsp3) is 0.267. The van der Waals surface area contributed by atoms with Crippen LogP contribution in [0.5, 0.6) is 0 Å². The molecule has 1 heterocycles. The van der Waals surface area contributed by atoms with Gasteiger partial charge in [0.15, 0.2) is 17.8 Å². The number of aryl methyl sites for hydroxylation is 1. The number of oxazole rings is 1. The summed E-state index contributed by atoms with van der Waals surface area (Å²) >= 11 is 0. The fourth-order valence-electron chi connectivity index (χ4n) is 1.84. The van der Waals surface area contributed by atoms with Crippen LogP contribution in [0.4, 0.5) is 0 Å². The molecule has 0 unspecified atom stereocenters. The van der Waals surface area contributed by atoms with E-state index in [9.17, 15) is 9.59 Å². The Kier molecular flexibility index (Phi) is 4.71. The first kappa shape index (κ1) is 14.8. The van der Waals surface area contributed by atoms with Crippen LogP contribution in [0, 0.1) is 6.92 Å². The van der Waals surface area contributed by atoms with Crippen molar-refractivity contribution in [2.45, 2.75) is 19.8 Å². The Bertz CT molecular complexity index is 631. The van der Waals surface area contributed by atoms with Crippen molar-refractivity contribution >= 4 is 11.9 Å². The molecule has 0 radical (unpaired) electrons. The first-order chi connectivity index (χ1) is 10.1. The molecule has 6 nitrogen and oxygen atoms in total. The number of carbonyl (C=O) groups is 2. The Balaban J connectivity index is 2.04. The number of carbonyl (C=O) groups excluding carboxylic acids is 1. The minimum Gasteiger partial charge on any atom is -0.481 e. The number of aliphatic carboxylic acids is 1. The molecule has 1 aromatic heterocycles. The molecule has 1 aromatic carbocycles. The Morgan fingerprint density at radius 3 is 2.67 bits per heavy atom. The van der Waals surface area contributed by atoms with E-state index >= 15 is 0 Å². The lowest BCUT2D eigenvalue weighted by atomic mass is 10.1. The van der Waals surface area contributed by atoms with E-state index in [1.807, 2.05) is 31.2 Å². The number of benzene rings is 1.